The third kappa shape index (κ3) is 6.34. The molecule has 1 aliphatic rings. The summed E-state index contributed by atoms with van der Waals surface area (Å²) in [6, 6.07) is 11.5. The lowest BCUT2D eigenvalue weighted by atomic mass is 10.1. The molecule has 0 spiro atoms. The molecule has 1 aliphatic heterocycles. The number of nitrogens with one attached hydrogen (secondary N) is 2. The summed E-state index contributed by atoms with van der Waals surface area (Å²) in [6.07, 6.45) is 0.661. The van der Waals surface area contributed by atoms with E-state index in [0.29, 0.717) is 36.8 Å². The molecule has 1 heterocycles. The molecule has 0 bridgehead atoms. The number of sulfonamides is 1. The summed E-state index contributed by atoms with van der Waals surface area (Å²) in [5.41, 5.74) is 2.08. The van der Waals surface area contributed by atoms with Crippen LogP contribution < -0.4 is 19.7 Å². The quantitative estimate of drug-likeness (QED) is 0.469. The monoisotopic (exact) mass is 489 g/mol. The zero-order valence-corrected chi connectivity index (χ0v) is 20.5. The van der Waals surface area contributed by atoms with Crippen molar-refractivity contribution in [3.63, 3.8) is 0 Å². The summed E-state index contributed by atoms with van der Waals surface area (Å²) in [5.74, 6) is -0.413. The predicted molar refractivity (Wildman–Crippen MR) is 130 cm³/mol. The number of ether oxygens (including phenoxy) is 2. The highest BCUT2D eigenvalue weighted by atomic mass is 32.2. The molecule has 1 fully saturated rings. The van der Waals surface area contributed by atoms with Crippen molar-refractivity contribution in [1.29, 1.82) is 0 Å². The Kier molecular flexibility index (Phi) is 8.65. The van der Waals surface area contributed by atoms with E-state index in [-0.39, 0.29) is 36.2 Å². The molecule has 2 N–H and O–H groups in total. The first-order valence-corrected chi connectivity index (χ1v) is 12.7. The number of carbonyl (C=O) groups excluding carboxylic acids is 2. The maximum absolute atomic E-state index is 12.8. The van der Waals surface area contributed by atoms with Crippen LogP contribution in [0.15, 0.2) is 47.4 Å². The fraction of sp³-hybridized carbons (Fsp3) is 0.417. The van der Waals surface area contributed by atoms with Crippen molar-refractivity contribution in [3.8, 4) is 5.75 Å². The number of hydrogen-bond acceptors (Lipinski definition) is 6. The SMILES string of the molecule is CCOCCCNS(=O)(=O)c1ccc(NC(=O)C2CC(=O)N(c3cc(C)ccc3OC)C2)cc1. The summed E-state index contributed by atoms with van der Waals surface area (Å²) >= 11 is 0. The number of anilines is 2. The summed E-state index contributed by atoms with van der Waals surface area (Å²) < 4.78 is 37.9. The zero-order valence-electron chi connectivity index (χ0n) is 19.7. The van der Waals surface area contributed by atoms with Crippen LogP contribution in [0.4, 0.5) is 11.4 Å². The van der Waals surface area contributed by atoms with Crippen LogP contribution in [-0.4, -0.2) is 53.6 Å². The zero-order chi connectivity index (χ0) is 24.7. The molecule has 0 aliphatic carbocycles. The van der Waals surface area contributed by atoms with Crippen molar-refractivity contribution < 1.29 is 27.5 Å². The third-order valence-electron chi connectivity index (χ3n) is 5.51. The molecular formula is C24H31N3O6S. The average Bonchev–Trinajstić information content (AvgIpc) is 3.21. The highest BCUT2D eigenvalue weighted by molar-refractivity contribution is 7.89. The van der Waals surface area contributed by atoms with E-state index in [1.54, 1.807) is 18.1 Å². The molecule has 1 unspecified atom stereocenters. The van der Waals surface area contributed by atoms with Gasteiger partial charge in [0.15, 0.2) is 0 Å². The van der Waals surface area contributed by atoms with Crippen molar-refractivity contribution >= 4 is 33.2 Å². The van der Waals surface area contributed by atoms with Crippen LogP contribution in [0.3, 0.4) is 0 Å². The minimum Gasteiger partial charge on any atom is -0.495 e. The highest BCUT2D eigenvalue weighted by Crippen LogP contribution is 2.34. The molecule has 34 heavy (non-hydrogen) atoms. The predicted octanol–water partition coefficient (Wildman–Crippen LogP) is 2.70. The lowest BCUT2D eigenvalue weighted by Crippen LogP contribution is -2.28. The van der Waals surface area contributed by atoms with E-state index in [1.807, 2.05) is 26.0 Å². The molecule has 0 saturated carbocycles. The minimum atomic E-state index is -3.65. The number of nitrogens with zero attached hydrogens (tertiary/aromatic N) is 1. The lowest BCUT2D eigenvalue weighted by molar-refractivity contribution is -0.122. The van der Waals surface area contributed by atoms with Crippen LogP contribution in [0.2, 0.25) is 0 Å². The van der Waals surface area contributed by atoms with Crippen molar-refractivity contribution in [2.75, 3.05) is 43.6 Å². The van der Waals surface area contributed by atoms with Crippen LogP contribution in [0.1, 0.15) is 25.3 Å². The van der Waals surface area contributed by atoms with Gasteiger partial charge in [0.05, 0.1) is 23.6 Å². The molecule has 2 amide bonds. The number of benzene rings is 2. The largest absolute Gasteiger partial charge is 0.495 e. The molecule has 2 aromatic rings. The fourth-order valence-corrected chi connectivity index (χ4v) is 4.77. The number of rotatable bonds is 11. The molecule has 0 radical (unpaired) electrons. The maximum Gasteiger partial charge on any atom is 0.240 e. The summed E-state index contributed by atoms with van der Waals surface area (Å²) in [4.78, 5) is 27.1. The van der Waals surface area contributed by atoms with Crippen molar-refractivity contribution in [3.05, 3.63) is 48.0 Å². The second-order valence-corrected chi connectivity index (χ2v) is 9.81. The molecule has 10 heteroatoms. The van der Waals surface area contributed by atoms with Gasteiger partial charge in [0.1, 0.15) is 5.75 Å². The smallest absolute Gasteiger partial charge is 0.240 e. The Morgan fingerprint density at radius 1 is 1.18 bits per heavy atom. The molecule has 9 nitrogen and oxygen atoms in total. The van der Waals surface area contributed by atoms with Gasteiger partial charge in [0, 0.05) is 38.4 Å². The van der Waals surface area contributed by atoms with Gasteiger partial charge in [-0.3, -0.25) is 9.59 Å². The highest BCUT2D eigenvalue weighted by Gasteiger charge is 2.36. The van der Waals surface area contributed by atoms with Gasteiger partial charge < -0.3 is 19.7 Å². The number of aryl methyl sites for hydroxylation is 1. The van der Waals surface area contributed by atoms with E-state index in [4.69, 9.17) is 9.47 Å². The van der Waals surface area contributed by atoms with Crippen molar-refractivity contribution in [2.24, 2.45) is 5.92 Å². The normalized spacial score (nSPS) is 16.0. The first kappa shape index (κ1) is 25.7. The van der Waals surface area contributed by atoms with Gasteiger partial charge in [0.25, 0.3) is 0 Å². The van der Waals surface area contributed by atoms with E-state index < -0.39 is 15.9 Å². The lowest BCUT2D eigenvalue weighted by Gasteiger charge is -2.20. The number of hydrogen-bond donors (Lipinski definition) is 2. The Balaban J connectivity index is 1.60. The average molecular weight is 490 g/mol. The van der Waals surface area contributed by atoms with E-state index in [2.05, 4.69) is 10.0 Å². The van der Waals surface area contributed by atoms with Gasteiger partial charge in [-0.05, 0) is 62.2 Å². The fourth-order valence-electron chi connectivity index (χ4n) is 3.70. The first-order chi connectivity index (χ1) is 16.2. The van der Waals surface area contributed by atoms with Gasteiger partial charge in [0.2, 0.25) is 21.8 Å². The van der Waals surface area contributed by atoms with E-state index in [0.717, 1.165) is 5.56 Å². The molecule has 2 aromatic carbocycles. The molecule has 3 rings (SSSR count). The molecule has 1 saturated heterocycles. The number of amides is 2. The van der Waals surface area contributed by atoms with Gasteiger partial charge in [-0.2, -0.15) is 0 Å². The van der Waals surface area contributed by atoms with Crippen LogP contribution in [0.25, 0.3) is 0 Å². The van der Waals surface area contributed by atoms with Gasteiger partial charge >= 0.3 is 0 Å². The summed E-state index contributed by atoms with van der Waals surface area (Å²) in [6.45, 7) is 5.40. The first-order valence-electron chi connectivity index (χ1n) is 11.2. The topological polar surface area (TPSA) is 114 Å². The van der Waals surface area contributed by atoms with Crippen LogP contribution in [0, 0.1) is 12.8 Å². The van der Waals surface area contributed by atoms with Crippen molar-refractivity contribution in [2.45, 2.75) is 31.6 Å². The maximum atomic E-state index is 12.8. The summed E-state index contributed by atoms with van der Waals surface area (Å²) in [7, 11) is -2.10. The molecule has 0 aromatic heterocycles. The Morgan fingerprint density at radius 2 is 1.91 bits per heavy atom. The Hall–Kier alpha value is -2.95. The Labute approximate surface area is 200 Å². The van der Waals surface area contributed by atoms with Crippen LogP contribution in [0.5, 0.6) is 5.75 Å². The van der Waals surface area contributed by atoms with Crippen LogP contribution in [-0.2, 0) is 24.3 Å². The molecular weight excluding hydrogens is 458 g/mol. The standard InChI is InChI=1S/C24H31N3O6S/c1-4-33-13-5-12-25-34(30,31)20-9-7-19(8-10-20)26-24(29)18-15-23(28)27(16-18)21-14-17(2)6-11-22(21)32-3/h6-11,14,18,25H,4-5,12-13,15-16H2,1-3H3,(H,26,29). The van der Waals surface area contributed by atoms with Crippen LogP contribution >= 0.6 is 0 Å². The minimum absolute atomic E-state index is 0.0844. The number of methoxy groups -OCH3 is 1. The second kappa shape index (κ2) is 11.5. The Morgan fingerprint density at radius 3 is 2.59 bits per heavy atom. The van der Waals surface area contributed by atoms with Crippen molar-refractivity contribution in [1.82, 2.24) is 4.72 Å². The Bertz CT molecular complexity index is 1120. The van der Waals surface area contributed by atoms with E-state index in [9.17, 15) is 18.0 Å². The van der Waals surface area contributed by atoms with E-state index in [1.165, 1.54) is 24.3 Å². The second-order valence-electron chi connectivity index (χ2n) is 8.04. The third-order valence-corrected chi connectivity index (χ3v) is 6.99. The molecule has 1 atom stereocenters. The number of carbonyl (C=O) groups is 2. The molecule has 184 valence electrons. The van der Waals surface area contributed by atoms with Gasteiger partial charge in [-0.15, -0.1) is 0 Å². The van der Waals surface area contributed by atoms with Gasteiger partial charge in [-0.25, -0.2) is 13.1 Å². The summed E-state index contributed by atoms with van der Waals surface area (Å²) in [5, 5.41) is 2.78. The van der Waals surface area contributed by atoms with Gasteiger partial charge in [-0.1, -0.05) is 6.07 Å². The van der Waals surface area contributed by atoms with E-state index >= 15 is 0 Å².